The van der Waals surface area contributed by atoms with E-state index in [4.69, 9.17) is 39.5 Å². The first-order chi connectivity index (χ1) is 9.42. The Bertz CT molecular complexity index is 645. The van der Waals surface area contributed by atoms with Gasteiger partial charge in [-0.1, -0.05) is 34.8 Å². The normalized spacial score (nSPS) is 10.9. The molecule has 0 atom stereocenters. The molecule has 20 heavy (non-hydrogen) atoms. The lowest BCUT2D eigenvalue weighted by molar-refractivity contribution is 0.151. The Morgan fingerprint density at radius 3 is 2.15 bits per heavy atom. The fourth-order valence-corrected chi connectivity index (χ4v) is 2.42. The van der Waals surface area contributed by atoms with Crippen LogP contribution in [0.1, 0.15) is 12.0 Å². The Balaban J connectivity index is 2.62. The standard InChI is InChI=1S/C14H9Cl3F2O/c1-20-9-3-7(2-8(4-9)14(18)19)10-5-12(16)13(17)6-11(10)15/h2-6,14H,1H3. The summed E-state index contributed by atoms with van der Waals surface area (Å²) in [5, 5.41) is 0.928. The molecule has 0 radical (unpaired) electrons. The van der Waals surface area contributed by atoms with Crippen molar-refractivity contribution in [3.8, 4) is 16.9 Å². The SMILES string of the molecule is COc1cc(-c2cc(Cl)c(Cl)cc2Cl)cc(C(F)F)c1. The van der Waals surface area contributed by atoms with Crippen molar-refractivity contribution in [1.29, 1.82) is 0 Å². The second kappa shape index (κ2) is 6.17. The molecule has 106 valence electrons. The van der Waals surface area contributed by atoms with E-state index < -0.39 is 6.43 Å². The Morgan fingerprint density at radius 2 is 1.55 bits per heavy atom. The van der Waals surface area contributed by atoms with Crippen molar-refractivity contribution >= 4 is 34.8 Å². The first-order valence-electron chi connectivity index (χ1n) is 5.54. The fourth-order valence-electron chi connectivity index (χ4n) is 1.77. The zero-order chi connectivity index (χ0) is 14.9. The summed E-state index contributed by atoms with van der Waals surface area (Å²) in [6, 6.07) is 7.24. The molecule has 0 saturated carbocycles. The molecule has 0 bridgehead atoms. The van der Waals surface area contributed by atoms with Crippen molar-refractivity contribution in [1.82, 2.24) is 0 Å². The summed E-state index contributed by atoms with van der Waals surface area (Å²) in [5.41, 5.74) is 0.853. The van der Waals surface area contributed by atoms with Crippen LogP contribution in [0, 0.1) is 0 Å². The van der Waals surface area contributed by atoms with Crippen molar-refractivity contribution in [2.45, 2.75) is 6.43 Å². The van der Waals surface area contributed by atoms with Crippen LogP contribution in [0.25, 0.3) is 11.1 Å². The van der Waals surface area contributed by atoms with Gasteiger partial charge in [0.2, 0.25) is 0 Å². The molecule has 2 aromatic rings. The summed E-state index contributed by atoms with van der Waals surface area (Å²) >= 11 is 17.9. The van der Waals surface area contributed by atoms with E-state index in [0.29, 0.717) is 31.9 Å². The molecule has 2 rings (SSSR count). The van der Waals surface area contributed by atoms with Crippen LogP contribution in [-0.4, -0.2) is 7.11 Å². The monoisotopic (exact) mass is 336 g/mol. The molecular formula is C14H9Cl3F2O. The maximum atomic E-state index is 12.9. The molecule has 0 aromatic heterocycles. The van der Waals surface area contributed by atoms with Gasteiger partial charge in [-0.05, 0) is 35.9 Å². The number of hydrogen-bond donors (Lipinski definition) is 0. The summed E-state index contributed by atoms with van der Waals surface area (Å²) in [6.45, 7) is 0. The minimum Gasteiger partial charge on any atom is -0.497 e. The van der Waals surface area contributed by atoms with Gasteiger partial charge in [0.05, 0.1) is 17.2 Å². The molecule has 2 aromatic carbocycles. The number of ether oxygens (including phenoxy) is 1. The summed E-state index contributed by atoms with van der Waals surface area (Å²) in [4.78, 5) is 0. The molecule has 0 aliphatic rings. The van der Waals surface area contributed by atoms with E-state index in [0.717, 1.165) is 0 Å². The molecule has 6 heteroatoms. The predicted molar refractivity (Wildman–Crippen MR) is 78.4 cm³/mol. The van der Waals surface area contributed by atoms with Crippen LogP contribution < -0.4 is 4.74 Å². The van der Waals surface area contributed by atoms with E-state index in [1.807, 2.05) is 0 Å². The molecule has 0 amide bonds. The molecular weight excluding hydrogens is 329 g/mol. The fraction of sp³-hybridized carbons (Fsp3) is 0.143. The highest BCUT2D eigenvalue weighted by Crippen LogP contribution is 2.38. The Kier molecular flexibility index (Phi) is 4.74. The highest BCUT2D eigenvalue weighted by Gasteiger charge is 2.14. The number of rotatable bonds is 3. The second-order valence-corrected chi connectivity index (χ2v) is 5.26. The lowest BCUT2D eigenvalue weighted by atomic mass is 10.0. The molecule has 0 fully saturated rings. The molecule has 0 aliphatic heterocycles. The Labute approximate surface area is 130 Å². The summed E-state index contributed by atoms with van der Waals surface area (Å²) < 4.78 is 30.8. The number of methoxy groups -OCH3 is 1. The van der Waals surface area contributed by atoms with E-state index in [2.05, 4.69) is 0 Å². The van der Waals surface area contributed by atoms with E-state index in [9.17, 15) is 8.78 Å². The van der Waals surface area contributed by atoms with Gasteiger partial charge < -0.3 is 4.74 Å². The lowest BCUT2D eigenvalue weighted by Gasteiger charge is -2.11. The van der Waals surface area contributed by atoms with Crippen molar-refractivity contribution in [3.63, 3.8) is 0 Å². The molecule has 0 saturated heterocycles. The van der Waals surface area contributed by atoms with Crippen LogP contribution in [0.15, 0.2) is 30.3 Å². The maximum Gasteiger partial charge on any atom is 0.264 e. The van der Waals surface area contributed by atoms with Crippen LogP contribution in [0.5, 0.6) is 5.75 Å². The van der Waals surface area contributed by atoms with Crippen LogP contribution in [0.4, 0.5) is 8.78 Å². The lowest BCUT2D eigenvalue weighted by Crippen LogP contribution is -1.91. The largest absolute Gasteiger partial charge is 0.497 e. The quantitative estimate of drug-likeness (QED) is 0.601. The van der Waals surface area contributed by atoms with Gasteiger partial charge in [-0.2, -0.15) is 0 Å². The highest BCUT2D eigenvalue weighted by molar-refractivity contribution is 6.44. The van der Waals surface area contributed by atoms with E-state index >= 15 is 0 Å². The molecule has 0 aliphatic carbocycles. The minimum absolute atomic E-state index is 0.151. The number of halogens is 5. The zero-order valence-electron chi connectivity index (χ0n) is 10.3. The van der Waals surface area contributed by atoms with Gasteiger partial charge in [-0.3, -0.25) is 0 Å². The molecule has 0 unspecified atom stereocenters. The van der Waals surface area contributed by atoms with Gasteiger partial charge in [0.15, 0.2) is 0 Å². The van der Waals surface area contributed by atoms with Gasteiger partial charge in [-0.25, -0.2) is 8.78 Å². The summed E-state index contributed by atoms with van der Waals surface area (Å²) in [6.07, 6.45) is -2.61. The van der Waals surface area contributed by atoms with Crippen molar-refractivity contribution in [2.24, 2.45) is 0 Å². The third-order valence-corrected chi connectivity index (χ3v) is 3.77. The summed E-state index contributed by atoms with van der Waals surface area (Å²) in [7, 11) is 1.41. The van der Waals surface area contributed by atoms with Crippen molar-refractivity contribution < 1.29 is 13.5 Å². The smallest absolute Gasteiger partial charge is 0.264 e. The topological polar surface area (TPSA) is 9.23 Å². The summed E-state index contributed by atoms with van der Waals surface area (Å²) in [5.74, 6) is 0.319. The zero-order valence-corrected chi connectivity index (χ0v) is 12.5. The number of alkyl halides is 2. The maximum absolute atomic E-state index is 12.9. The van der Waals surface area contributed by atoms with E-state index in [-0.39, 0.29) is 5.56 Å². The number of benzene rings is 2. The molecule has 1 nitrogen and oxygen atoms in total. The first kappa shape index (κ1) is 15.4. The second-order valence-electron chi connectivity index (χ2n) is 4.04. The van der Waals surface area contributed by atoms with E-state index in [1.54, 1.807) is 6.07 Å². The van der Waals surface area contributed by atoms with E-state index in [1.165, 1.54) is 31.4 Å². The van der Waals surface area contributed by atoms with Gasteiger partial charge in [0.25, 0.3) is 6.43 Å². The van der Waals surface area contributed by atoms with Crippen LogP contribution in [-0.2, 0) is 0 Å². The van der Waals surface area contributed by atoms with Gasteiger partial charge in [0.1, 0.15) is 5.75 Å². The average Bonchev–Trinajstić information content (AvgIpc) is 2.42. The molecule has 0 N–H and O–H groups in total. The highest BCUT2D eigenvalue weighted by atomic mass is 35.5. The average molecular weight is 338 g/mol. The first-order valence-corrected chi connectivity index (χ1v) is 6.68. The van der Waals surface area contributed by atoms with Crippen molar-refractivity contribution in [2.75, 3.05) is 7.11 Å². The van der Waals surface area contributed by atoms with Crippen molar-refractivity contribution in [3.05, 3.63) is 51.0 Å². The Morgan fingerprint density at radius 1 is 0.900 bits per heavy atom. The van der Waals surface area contributed by atoms with Gasteiger partial charge in [0, 0.05) is 16.1 Å². The third-order valence-electron chi connectivity index (χ3n) is 2.74. The minimum atomic E-state index is -2.61. The van der Waals surface area contributed by atoms with Gasteiger partial charge in [-0.15, -0.1) is 0 Å². The van der Waals surface area contributed by atoms with Crippen LogP contribution >= 0.6 is 34.8 Å². The van der Waals surface area contributed by atoms with Gasteiger partial charge >= 0.3 is 0 Å². The van der Waals surface area contributed by atoms with Crippen LogP contribution in [0.3, 0.4) is 0 Å². The molecule has 0 heterocycles. The Hall–Kier alpha value is -1.03. The third kappa shape index (κ3) is 3.17. The van der Waals surface area contributed by atoms with Crippen LogP contribution in [0.2, 0.25) is 15.1 Å². The number of hydrogen-bond acceptors (Lipinski definition) is 1. The predicted octanol–water partition coefficient (Wildman–Crippen LogP) is 6.26. The molecule has 0 spiro atoms.